The van der Waals surface area contributed by atoms with Crippen LogP contribution in [-0.2, 0) is 9.59 Å². The fourth-order valence-electron chi connectivity index (χ4n) is 2.41. The maximum absolute atomic E-state index is 12.3. The SMILES string of the molecule is CCOc1ccc(NC(=O)[C@@H]2CC=CC[C@@H]2C(=O)O)cc1. The normalized spacial score (nSPS) is 20.8. The predicted octanol–water partition coefficient (Wildman–Crippen LogP) is 2.69. The summed E-state index contributed by atoms with van der Waals surface area (Å²) < 4.78 is 5.33. The molecule has 0 fully saturated rings. The molecule has 5 nitrogen and oxygen atoms in total. The van der Waals surface area contributed by atoms with Crippen molar-refractivity contribution in [2.75, 3.05) is 11.9 Å². The number of anilines is 1. The van der Waals surface area contributed by atoms with Crippen molar-refractivity contribution in [2.24, 2.45) is 11.8 Å². The first kappa shape index (κ1) is 15.1. The standard InChI is InChI=1S/C16H19NO4/c1-2-21-12-9-7-11(8-10-12)17-15(18)13-5-3-4-6-14(13)16(19)20/h3-4,7-10,13-14H,2,5-6H2,1H3,(H,17,18)(H,19,20)/t13-,14+/m1/s1. The minimum Gasteiger partial charge on any atom is -0.494 e. The quantitative estimate of drug-likeness (QED) is 0.817. The van der Waals surface area contributed by atoms with Crippen LogP contribution in [-0.4, -0.2) is 23.6 Å². The van der Waals surface area contributed by atoms with E-state index in [1.54, 1.807) is 24.3 Å². The fourth-order valence-corrected chi connectivity index (χ4v) is 2.41. The second-order valence-electron chi connectivity index (χ2n) is 4.94. The van der Waals surface area contributed by atoms with E-state index in [1.165, 1.54) is 0 Å². The number of carboxylic acids is 1. The Kier molecular flexibility index (Phi) is 4.98. The number of benzene rings is 1. The van der Waals surface area contributed by atoms with Gasteiger partial charge in [-0.15, -0.1) is 0 Å². The van der Waals surface area contributed by atoms with Gasteiger partial charge in [0, 0.05) is 5.69 Å². The summed E-state index contributed by atoms with van der Waals surface area (Å²) in [7, 11) is 0. The highest BCUT2D eigenvalue weighted by molar-refractivity contribution is 5.95. The molecular weight excluding hydrogens is 270 g/mol. The molecule has 0 bridgehead atoms. The molecule has 2 atom stereocenters. The third-order valence-corrected chi connectivity index (χ3v) is 3.52. The number of ether oxygens (including phenoxy) is 1. The van der Waals surface area contributed by atoms with E-state index in [9.17, 15) is 14.7 Å². The van der Waals surface area contributed by atoms with Gasteiger partial charge in [0.1, 0.15) is 5.75 Å². The first-order valence-corrected chi connectivity index (χ1v) is 7.03. The number of amides is 1. The lowest BCUT2D eigenvalue weighted by Gasteiger charge is -2.24. The van der Waals surface area contributed by atoms with Gasteiger partial charge in [-0.05, 0) is 44.0 Å². The number of hydrogen-bond donors (Lipinski definition) is 2. The Morgan fingerprint density at radius 2 is 1.81 bits per heavy atom. The molecule has 1 aromatic carbocycles. The predicted molar refractivity (Wildman–Crippen MR) is 79.2 cm³/mol. The number of carbonyl (C=O) groups excluding carboxylic acids is 1. The van der Waals surface area contributed by atoms with E-state index >= 15 is 0 Å². The summed E-state index contributed by atoms with van der Waals surface area (Å²) in [6.45, 7) is 2.48. The van der Waals surface area contributed by atoms with Crippen LogP contribution in [0.25, 0.3) is 0 Å². The van der Waals surface area contributed by atoms with Crippen molar-refractivity contribution in [3.8, 4) is 5.75 Å². The van der Waals surface area contributed by atoms with Gasteiger partial charge in [0.2, 0.25) is 5.91 Å². The van der Waals surface area contributed by atoms with Crippen LogP contribution in [0.4, 0.5) is 5.69 Å². The van der Waals surface area contributed by atoms with Gasteiger partial charge >= 0.3 is 5.97 Å². The van der Waals surface area contributed by atoms with Crippen LogP contribution in [0.2, 0.25) is 0 Å². The Morgan fingerprint density at radius 3 is 2.38 bits per heavy atom. The Morgan fingerprint density at radius 1 is 1.19 bits per heavy atom. The summed E-state index contributed by atoms with van der Waals surface area (Å²) in [5.41, 5.74) is 0.641. The molecule has 21 heavy (non-hydrogen) atoms. The zero-order chi connectivity index (χ0) is 15.2. The number of rotatable bonds is 5. The summed E-state index contributed by atoms with van der Waals surface area (Å²) in [4.78, 5) is 23.5. The molecule has 1 amide bonds. The van der Waals surface area contributed by atoms with Gasteiger partial charge in [-0.2, -0.15) is 0 Å². The van der Waals surface area contributed by atoms with Gasteiger partial charge in [-0.1, -0.05) is 12.2 Å². The molecule has 0 saturated carbocycles. The third kappa shape index (κ3) is 3.84. The molecule has 2 N–H and O–H groups in total. The van der Waals surface area contributed by atoms with Crippen LogP contribution in [0.1, 0.15) is 19.8 Å². The maximum atomic E-state index is 12.3. The van der Waals surface area contributed by atoms with Crippen LogP contribution in [0.15, 0.2) is 36.4 Å². The Hall–Kier alpha value is -2.30. The van der Waals surface area contributed by atoms with Gasteiger partial charge in [-0.3, -0.25) is 9.59 Å². The van der Waals surface area contributed by atoms with E-state index in [-0.39, 0.29) is 5.91 Å². The van der Waals surface area contributed by atoms with Crippen molar-refractivity contribution >= 4 is 17.6 Å². The number of carbonyl (C=O) groups is 2. The lowest BCUT2D eigenvalue weighted by molar-refractivity contribution is -0.146. The van der Waals surface area contributed by atoms with E-state index < -0.39 is 17.8 Å². The second-order valence-corrected chi connectivity index (χ2v) is 4.94. The molecule has 0 saturated heterocycles. The first-order chi connectivity index (χ1) is 10.1. The molecule has 0 aliphatic heterocycles. The number of allylic oxidation sites excluding steroid dienone is 2. The van der Waals surface area contributed by atoms with E-state index in [0.717, 1.165) is 5.75 Å². The summed E-state index contributed by atoms with van der Waals surface area (Å²) in [6, 6.07) is 7.04. The Bertz CT molecular complexity index is 536. The van der Waals surface area contributed by atoms with Gasteiger partial charge in [0.15, 0.2) is 0 Å². The van der Waals surface area contributed by atoms with Crippen molar-refractivity contribution in [3.63, 3.8) is 0 Å². The monoisotopic (exact) mass is 289 g/mol. The van der Waals surface area contributed by atoms with E-state index in [0.29, 0.717) is 25.1 Å². The number of hydrogen-bond acceptors (Lipinski definition) is 3. The smallest absolute Gasteiger partial charge is 0.307 e. The van der Waals surface area contributed by atoms with E-state index in [1.807, 2.05) is 19.1 Å². The molecule has 1 aromatic rings. The molecule has 0 radical (unpaired) electrons. The maximum Gasteiger partial charge on any atom is 0.307 e. The summed E-state index contributed by atoms with van der Waals surface area (Å²) in [6.07, 6.45) is 4.54. The lowest BCUT2D eigenvalue weighted by Crippen LogP contribution is -2.34. The van der Waals surface area contributed by atoms with Crippen LogP contribution in [0.3, 0.4) is 0 Å². The number of nitrogens with one attached hydrogen (secondary N) is 1. The summed E-state index contributed by atoms with van der Waals surface area (Å²) in [5.74, 6) is -1.63. The van der Waals surface area contributed by atoms with Crippen molar-refractivity contribution in [1.29, 1.82) is 0 Å². The third-order valence-electron chi connectivity index (χ3n) is 3.52. The van der Waals surface area contributed by atoms with Crippen molar-refractivity contribution in [3.05, 3.63) is 36.4 Å². The minimum absolute atomic E-state index is 0.254. The highest BCUT2D eigenvalue weighted by atomic mass is 16.5. The van der Waals surface area contributed by atoms with Crippen LogP contribution in [0.5, 0.6) is 5.75 Å². The molecule has 2 rings (SSSR count). The lowest BCUT2D eigenvalue weighted by atomic mass is 9.82. The van der Waals surface area contributed by atoms with Gasteiger partial charge in [0.05, 0.1) is 18.4 Å². The summed E-state index contributed by atoms with van der Waals surface area (Å²) >= 11 is 0. The second kappa shape index (κ2) is 6.92. The average Bonchev–Trinajstić information content (AvgIpc) is 2.49. The first-order valence-electron chi connectivity index (χ1n) is 7.03. The van der Waals surface area contributed by atoms with Gasteiger partial charge in [-0.25, -0.2) is 0 Å². The van der Waals surface area contributed by atoms with Crippen LogP contribution >= 0.6 is 0 Å². The number of carboxylic acid groups (broad SMARTS) is 1. The van der Waals surface area contributed by atoms with Crippen molar-refractivity contribution < 1.29 is 19.4 Å². The zero-order valence-corrected chi connectivity index (χ0v) is 11.9. The molecular formula is C16H19NO4. The Labute approximate surface area is 123 Å². The fraction of sp³-hybridized carbons (Fsp3) is 0.375. The average molecular weight is 289 g/mol. The molecule has 112 valence electrons. The zero-order valence-electron chi connectivity index (χ0n) is 11.9. The van der Waals surface area contributed by atoms with Crippen LogP contribution in [0, 0.1) is 11.8 Å². The topological polar surface area (TPSA) is 75.6 Å². The summed E-state index contributed by atoms with van der Waals surface area (Å²) in [5, 5.41) is 12.0. The van der Waals surface area contributed by atoms with E-state index in [2.05, 4.69) is 5.32 Å². The van der Waals surface area contributed by atoms with Crippen LogP contribution < -0.4 is 10.1 Å². The van der Waals surface area contributed by atoms with Gasteiger partial charge < -0.3 is 15.2 Å². The molecule has 0 unspecified atom stereocenters. The Balaban J connectivity index is 2.02. The largest absolute Gasteiger partial charge is 0.494 e. The molecule has 1 aliphatic carbocycles. The molecule has 1 aliphatic rings. The van der Waals surface area contributed by atoms with Crippen molar-refractivity contribution in [2.45, 2.75) is 19.8 Å². The van der Waals surface area contributed by atoms with Crippen molar-refractivity contribution in [1.82, 2.24) is 0 Å². The molecule has 0 heterocycles. The molecule has 0 spiro atoms. The van der Waals surface area contributed by atoms with E-state index in [4.69, 9.17) is 4.74 Å². The molecule has 0 aromatic heterocycles. The van der Waals surface area contributed by atoms with Gasteiger partial charge in [0.25, 0.3) is 0 Å². The number of aliphatic carboxylic acids is 1. The minimum atomic E-state index is -0.925. The molecule has 5 heteroatoms. The highest BCUT2D eigenvalue weighted by Crippen LogP contribution is 2.27. The highest BCUT2D eigenvalue weighted by Gasteiger charge is 2.33.